The first-order valence-electron chi connectivity index (χ1n) is 12.9. The van der Waals surface area contributed by atoms with Gasteiger partial charge in [0.1, 0.15) is 6.17 Å². The zero-order valence-electron chi connectivity index (χ0n) is 22.4. The summed E-state index contributed by atoms with van der Waals surface area (Å²) in [6.07, 6.45) is 2.35. The average molecular weight is 561 g/mol. The lowest BCUT2D eigenvalue weighted by Crippen LogP contribution is -2.55. The number of benzene rings is 2. The van der Waals surface area contributed by atoms with E-state index in [0.29, 0.717) is 36.2 Å². The van der Waals surface area contributed by atoms with Crippen molar-refractivity contribution in [3.8, 4) is 0 Å². The summed E-state index contributed by atoms with van der Waals surface area (Å²) in [5, 5.41) is 5.36. The van der Waals surface area contributed by atoms with E-state index in [9.17, 15) is 22.8 Å². The van der Waals surface area contributed by atoms with Gasteiger partial charge in [-0.2, -0.15) is 5.10 Å². The Morgan fingerprint density at radius 2 is 1.95 bits per heavy atom. The molecule has 1 fully saturated rings. The number of rotatable bonds is 7. The Morgan fingerprint density at radius 1 is 1.21 bits per heavy atom. The third kappa shape index (κ3) is 6.36. The summed E-state index contributed by atoms with van der Waals surface area (Å²) in [4.78, 5) is 28.7. The number of hydrogen-bond acceptors (Lipinski definition) is 4. The van der Waals surface area contributed by atoms with E-state index in [2.05, 4.69) is 5.10 Å². The largest absolute Gasteiger partial charge is 0.301 e. The Labute approximate surface area is 231 Å². The molecule has 2 aromatic carbocycles. The lowest BCUT2D eigenvalue weighted by atomic mass is 9.99. The topological polar surface area (TPSA) is 58.4 Å². The van der Waals surface area contributed by atoms with E-state index in [4.69, 9.17) is 11.6 Å². The van der Waals surface area contributed by atoms with Crippen molar-refractivity contribution in [2.75, 3.05) is 19.6 Å². The van der Waals surface area contributed by atoms with Crippen LogP contribution in [0.15, 0.2) is 48.2 Å². The Bertz CT molecular complexity index is 1420. The summed E-state index contributed by atoms with van der Waals surface area (Å²) in [5.41, 5.74) is 1.98. The van der Waals surface area contributed by atoms with Crippen LogP contribution < -0.4 is 0 Å². The zero-order chi connectivity index (χ0) is 28.5. The van der Waals surface area contributed by atoms with Gasteiger partial charge in [0, 0.05) is 48.5 Å². The van der Waals surface area contributed by atoms with E-state index >= 15 is 0 Å². The molecule has 0 radical (unpaired) electrons. The number of carbonyl (C=O) groups is 2. The first-order chi connectivity index (χ1) is 18.4. The molecule has 10 heteroatoms. The van der Waals surface area contributed by atoms with Gasteiger partial charge in [-0.25, -0.2) is 13.2 Å². The molecule has 6 nitrogen and oxygen atoms in total. The molecule has 2 atom stereocenters. The Balaban J connectivity index is 1.57. The second kappa shape index (κ2) is 11.5. The van der Waals surface area contributed by atoms with Crippen LogP contribution in [0.3, 0.4) is 0 Å². The summed E-state index contributed by atoms with van der Waals surface area (Å²) in [6.45, 7) is 7.32. The predicted octanol–water partition coefficient (Wildman–Crippen LogP) is 6.06. The number of piperidine rings is 1. The molecule has 1 saturated heterocycles. The molecule has 4 rings (SSSR count). The molecule has 0 saturated carbocycles. The quantitative estimate of drug-likeness (QED) is 0.330. The molecule has 0 aliphatic carbocycles. The molecule has 0 bridgehead atoms. The van der Waals surface area contributed by atoms with Gasteiger partial charge in [0.05, 0.1) is 24.3 Å². The summed E-state index contributed by atoms with van der Waals surface area (Å²) >= 11 is 5.95. The van der Waals surface area contributed by atoms with E-state index < -0.39 is 30.0 Å². The van der Waals surface area contributed by atoms with Gasteiger partial charge in [-0.15, -0.1) is 0 Å². The third-order valence-corrected chi connectivity index (χ3v) is 7.41. The van der Waals surface area contributed by atoms with Gasteiger partial charge >= 0.3 is 0 Å². The summed E-state index contributed by atoms with van der Waals surface area (Å²) in [5.74, 6) is -4.07. The van der Waals surface area contributed by atoms with Gasteiger partial charge in [0.15, 0.2) is 0 Å². The highest BCUT2D eigenvalue weighted by Crippen LogP contribution is 2.33. The number of carbonyl (C=O) groups excluding carboxylic acids is 2. The van der Waals surface area contributed by atoms with Crippen LogP contribution in [0, 0.1) is 0 Å². The molecule has 208 valence electrons. The van der Waals surface area contributed by atoms with Crippen LogP contribution >= 0.6 is 11.6 Å². The average Bonchev–Trinajstić information content (AvgIpc) is 3.27. The van der Waals surface area contributed by atoms with Crippen molar-refractivity contribution in [2.45, 2.75) is 58.8 Å². The van der Waals surface area contributed by atoms with Gasteiger partial charge in [-0.05, 0) is 61.4 Å². The molecule has 2 heterocycles. The summed E-state index contributed by atoms with van der Waals surface area (Å²) in [6, 6.07) is 9.02. The van der Waals surface area contributed by atoms with Crippen molar-refractivity contribution >= 4 is 40.4 Å². The van der Waals surface area contributed by atoms with Crippen LogP contribution in [0.1, 0.15) is 50.8 Å². The minimum Gasteiger partial charge on any atom is -0.301 e. The Kier molecular flexibility index (Phi) is 8.51. The first-order valence-corrected chi connectivity index (χ1v) is 13.3. The van der Waals surface area contributed by atoms with Crippen molar-refractivity contribution < 1.29 is 22.8 Å². The van der Waals surface area contributed by atoms with Crippen LogP contribution in [0.5, 0.6) is 0 Å². The number of fused-ring (bicyclic) bond motifs is 1. The maximum Gasteiger partial charge on any atom is 0.270 e. The van der Waals surface area contributed by atoms with Crippen molar-refractivity contribution in [1.29, 1.82) is 0 Å². The van der Waals surface area contributed by atoms with E-state index in [1.807, 2.05) is 17.9 Å². The molecule has 0 N–H and O–H groups in total. The molecule has 3 aromatic rings. The number of hydrogen-bond donors (Lipinski definition) is 0. The summed E-state index contributed by atoms with van der Waals surface area (Å²) in [7, 11) is 0. The number of nitrogens with zero attached hydrogens (tertiary/aromatic N) is 4. The van der Waals surface area contributed by atoms with Crippen LogP contribution in [0.2, 0.25) is 5.02 Å². The SMILES string of the molecule is CCN1CC[C@@H](N(C(C)=O)C(=O)/C(C)=C/c2ccc3c(cnn3Cc3ccc(Cl)cc3C(C)(F)F)c2)[C@@H](F)C1. The lowest BCUT2D eigenvalue weighted by molar-refractivity contribution is -0.147. The molecule has 0 spiro atoms. The maximum atomic E-state index is 14.9. The first kappa shape index (κ1) is 28.8. The van der Waals surface area contributed by atoms with Gasteiger partial charge in [-0.3, -0.25) is 19.2 Å². The zero-order valence-corrected chi connectivity index (χ0v) is 23.2. The van der Waals surface area contributed by atoms with Crippen molar-refractivity contribution in [1.82, 2.24) is 19.6 Å². The maximum absolute atomic E-state index is 14.9. The predicted molar refractivity (Wildman–Crippen MR) is 146 cm³/mol. The van der Waals surface area contributed by atoms with E-state index in [1.165, 1.54) is 13.0 Å². The molecule has 2 amide bonds. The van der Waals surface area contributed by atoms with Crippen LogP contribution in [0.4, 0.5) is 13.2 Å². The highest BCUT2D eigenvalue weighted by atomic mass is 35.5. The molecule has 0 unspecified atom stereocenters. The van der Waals surface area contributed by atoms with Gasteiger partial charge < -0.3 is 4.90 Å². The molecule has 1 aliphatic heterocycles. The minimum atomic E-state index is -3.06. The third-order valence-electron chi connectivity index (χ3n) is 7.18. The molecular formula is C29H32ClF3N4O2. The number of halogens is 4. The smallest absolute Gasteiger partial charge is 0.270 e. The minimum absolute atomic E-state index is 0.126. The van der Waals surface area contributed by atoms with Gasteiger partial charge in [0.25, 0.3) is 11.8 Å². The molecule has 39 heavy (non-hydrogen) atoms. The van der Waals surface area contributed by atoms with Crippen molar-refractivity contribution in [3.05, 3.63) is 69.9 Å². The van der Waals surface area contributed by atoms with Crippen molar-refractivity contribution in [2.24, 2.45) is 0 Å². The molecule has 1 aliphatic rings. The standard InChI is InChI=1S/C29H32ClF3N4O2/c1-5-35-11-10-27(25(31)17-35)37(19(3)38)28(39)18(2)12-20-6-9-26-22(13-20)15-34-36(26)16-21-7-8-23(30)14-24(21)29(4,32)33/h6-9,12-15,25,27H,5,10-11,16-17H2,1-4H3/b18-12+/t25-,27+/m0/s1. The lowest BCUT2D eigenvalue weighted by Gasteiger charge is -2.39. The highest BCUT2D eigenvalue weighted by Gasteiger charge is 2.38. The Morgan fingerprint density at radius 3 is 2.59 bits per heavy atom. The fourth-order valence-corrected chi connectivity index (χ4v) is 5.31. The number of likely N-dealkylation sites (tertiary alicyclic amines) is 1. The second-order valence-corrected chi connectivity index (χ2v) is 10.5. The van der Waals surface area contributed by atoms with E-state index in [0.717, 1.165) is 22.7 Å². The molecule has 1 aromatic heterocycles. The normalized spacial score (nSPS) is 18.9. The van der Waals surface area contributed by atoms with Gasteiger partial charge in [0.2, 0.25) is 5.91 Å². The van der Waals surface area contributed by atoms with E-state index in [1.54, 1.807) is 48.1 Å². The highest BCUT2D eigenvalue weighted by molar-refractivity contribution is 6.30. The fourth-order valence-electron chi connectivity index (χ4n) is 5.14. The van der Waals surface area contributed by atoms with E-state index in [-0.39, 0.29) is 23.7 Å². The van der Waals surface area contributed by atoms with Crippen molar-refractivity contribution in [3.63, 3.8) is 0 Å². The van der Waals surface area contributed by atoms with Crippen LogP contribution in [-0.2, 0) is 22.1 Å². The number of imide groups is 1. The number of alkyl halides is 3. The Hall–Kier alpha value is -3.17. The second-order valence-electron chi connectivity index (χ2n) is 10.1. The van der Waals surface area contributed by atoms with Crippen LogP contribution in [-0.4, -0.2) is 63.2 Å². The molecular weight excluding hydrogens is 529 g/mol. The summed E-state index contributed by atoms with van der Waals surface area (Å²) < 4.78 is 44.9. The van der Waals surface area contributed by atoms with Gasteiger partial charge in [-0.1, -0.05) is 30.7 Å². The monoisotopic (exact) mass is 560 g/mol. The van der Waals surface area contributed by atoms with Crippen LogP contribution in [0.25, 0.3) is 17.0 Å². The number of aromatic nitrogens is 2. The number of amides is 2. The fraction of sp³-hybridized carbons (Fsp3) is 0.414.